The first-order valence-electron chi connectivity index (χ1n) is 8.26. The fraction of sp³-hybridized carbons (Fsp3) is 0.316. The van der Waals surface area contributed by atoms with Gasteiger partial charge in [0.05, 0.1) is 11.1 Å². The lowest BCUT2D eigenvalue weighted by atomic mass is 10.1. The van der Waals surface area contributed by atoms with Crippen LogP contribution in [0.3, 0.4) is 0 Å². The second-order valence-corrected chi connectivity index (χ2v) is 6.92. The molecule has 3 rings (SSSR count). The van der Waals surface area contributed by atoms with Crippen LogP contribution in [0.15, 0.2) is 47.4 Å². The number of thioether (sulfide) groups is 1. The molecule has 0 N–H and O–H groups in total. The number of hydrogen-bond donors (Lipinski definition) is 0. The van der Waals surface area contributed by atoms with Crippen molar-refractivity contribution >= 4 is 23.6 Å². The smallest absolute Gasteiger partial charge is 0.261 e. The maximum atomic E-state index is 12.5. The normalized spacial score (nSPS) is 13.4. The molecule has 1 aliphatic heterocycles. The van der Waals surface area contributed by atoms with Gasteiger partial charge in [-0.3, -0.25) is 19.3 Å². The molecule has 1 aromatic carbocycles. The van der Waals surface area contributed by atoms with Crippen molar-refractivity contribution in [3.8, 4) is 0 Å². The summed E-state index contributed by atoms with van der Waals surface area (Å²) >= 11 is 1.76. The Morgan fingerprint density at radius 2 is 1.60 bits per heavy atom. The molecule has 0 bridgehead atoms. The molecule has 0 spiro atoms. The molecule has 5 nitrogen and oxygen atoms in total. The molecule has 0 atom stereocenters. The summed E-state index contributed by atoms with van der Waals surface area (Å²) < 4.78 is 1.70. The Morgan fingerprint density at radius 1 is 0.920 bits per heavy atom. The van der Waals surface area contributed by atoms with Gasteiger partial charge in [0, 0.05) is 24.8 Å². The minimum Gasteiger partial charge on any atom is -0.315 e. The summed E-state index contributed by atoms with van der Waals surface area (Å²) in [7, 11) is 0. The standard InChI is InChI=1S/C19H20N2O3S/c1-25-13-5-11-20-10-4-6-14(17(20)22)9-12-21-18(23)15-7-2-3-8-16(15)19(21)24/h2-4,6-8,10H,5,9,11-13H2,1H3. The van der Waals surface area contributed by atoms with E-state index in [0.29, 0.717) is 29.7 Å². The minimum atomic E-state index is -0.281. The second-order valence-electron chi connectivity index (χ2n) is 5.94. The quantitative estimate of drug-likeness (QED) is 0.565. The molecule has 25 heavy (non-hydrogen) atoms. The first-order chi connectivity index (χ1) is 12.1. The maximum Gasteiger partial charge on any atom is 0.261 e. The summed E-state index contributed by atoms with van der Waals surface area (Å²) in [4.78, 5) is 38.5. The highest BCUT2D eigenvalue weighted by Gasteiger charge is 2.34. The Morgan fingerprint density at radius 3 is 2.24 bits per heavy atom. The van der Waals surface area contributed by atoms with E-state index in [0.717, 1.165) is 12.2 Å². The van der Waals surface area contributed by atoms with Crippen molar-refractivity contribution in [2.45, 2.75) is 19.4 Å². The number of imide groups is 1. The molecule has 0 saturated heterocycles. The highest BCUT2D eigenvalue weighted by atomic mass is 32.2. The minimum absolute atomic E-state index is 0.0415. The second kappa shape index (κ2) is 7.70. The summed E-state index contributed by atoms with van der Waals surface area (Å²) in [5.41, 5.74) is 1.47. The third kappa shape index (κ3) is 3.54. The van der Waals surface area contributed by atoms with Gasteiger partial charge in [-0.05, 0) is 43.0 Å². The van der Waals surface area contributed by atoms with Gasteiger partial charge in [-0.1, -0.05) is 18.2 Å². The summed E-state index contributed by atoms with van der Waals surface area (Å²) in [5.74, 6) is 0.444. The van der Waals surface area contributed by atoms with Gasteiger partial charge in [-0.25, -0.2) is 0 Å². The molecular formula is C19H20N2O3S. The molecule has 130 valence electrons. The Labute approximate surface area is 150 Å². The van der Waals surface area contributed by atoms with Crippen LogP contribution in [0.4, 0.5) is 0 Å². The number of rotatable bonds is 7. The molecule has 2 heterocycles. The molecule has 2 amide bonds. The Kier molecular flexibility index (Phi) is 5.38. The molecule has 6 heteroatoms. The van der Waals surface area contributed by atoms with E-state index in [-0.39, 0.29) is 23.9 Å². The van der Waals surface area contributed by atoms with Crippen LogP contribution in [0.5, 0.6) is 0 Å². The van der Waals surface area contributed by atoms with E-state index in [1.165, 1.54) is 4.90 Å². The van der Waals surface area contributed by atoms with E-state index in [4.69, 9.17) is 0 Å². The van der Waals surface area contributed by atoms with Crippen molar-refractivity contribution in [1.82, 2.24) is 9.47 Å². The van der Waals surface area contributed by atoms with Gasteiger partial charge in [-0.2, -0.15) is 11.8 Å². The molecule has 2 aromatic rings. The van der Waals surface area contributed by atoms with Gasteiger partial charge in [0.15, 0.2) is 0 Å². The summed E-state index contributed by atoms with van der Waals surface area (Å²) in [5, 5.41) is 0. The Hall–Kier alpha value is -2.34. The number of amides is 2. The van der Waals surface area contributed by atoms with Gasteiger partial charge in [0.25, 0.3) is 17.4 Å². The zero-order valence-electron chi connectivity index (χ0n) is 14.1. The molecular weight excluding hydrogens is 336 g/mol. The summed E-state index contributed by atoms with van der Waals surface area (Å²) in [6, 6.07) is 10.4. The molecule has 0 unspecified atom stereocenters. The van der Waals surface area contributed by atoms with Crippen molar-refractivity contribution in [2.75, 3.05) is 18.6 Å². The number of carbonyl (C=O) groups is 2. The van der Waals surface area contributed by atoms with Gasteiger partial charge >= 0.3 is 0 Å². The van der Waals surface area contributed by atoms with E-state index in [1.54, 1.807) is 52.9 Å². The van der Waals surface area contributed by atoms with Crippen LogP contribution in [-0.2, 0) is 13.0 Å². The van der Waals surface area contributed by atoms with Crippen molar-refractivity contribution < 1.29 is 9.59 Å². The van der Waals surface area contributed by atoms with E-state index >= 15 is 0 Å². The lowest BCUT2D eigenvalue weighted by Crippen LogP contribution is -2.33. The van der Waals surface area contributed by atoms with Gasteiger partial charge in [0.2, 0.25) is 0 Å². The van der Waals surface area contributed by atoms with Crippen LogP contribution in [0.25, 0.3) is 0 Å². The van der Waals surface area contributed by atoms with Crippen molar-refractivity contribution in [3.63, 3.8) is 0 Å². The number of fused-ring (bicyclic) bond motifs is 1. The summed E-state index contributed by atoms with van der Waals surface area (Å²) in [6.45, 7) is 0.900. The Balaban J connectivity index is 1.71. The van der Waals surface area contributed by atoms with Gasteiger partial charge in [-0.15, -0.1) is 0 Å². The van der Waals surface area contributed by atoms with Crippen LogP contribution in [0.2, 0.25) is 0 Å². The fourth-order valence-electron chi connectivity index (χ4n) is 3.01. The van der Waals surface area contributed by atoms with E-state index in [1.807, 2.05) is 12.3 Å². The number of carbonyl (C=O) groups excluding carboxylic acids is 2. The van der Waals surface area contributed by atoms with E-state index in [2.05, 4.69) is 0 Å². The first-order valence-corrected chi connectivity index (χ1v) is 9.65. The van der Waals surface area contributed by atoms with Crippen LogP contribution < -0.4 is 5.56 Å². The van der Waals surface area contributed by atoms with Crippen LogP contribution in [0, 0.1) is 0 Å². The van der Waals surface area contributed by atoms with Crippen LogP contribution in [0.1, 0.15) is 32.7 Å². The molecule has 0 fully saturated rings. The summed E-state index contributed by atoms with van der Waals surface area (Å²) in [6.07, 6.45) is 5.13. The van der Waals surface area contributed by atoms with Crippen LogP contribution in [-0.4, -0.2) is 39.8 Å². The largest absolute Gasteiger partial charge is 0.315 e. The number of pyridine rings is 1. The average Bonchev–Trinajstić information content (AvgIpc) is 2.87. The SMILES string of the molecule is CSCCCn1cccc(CCN2C(=O)c3ccccc3C2=O)c1=O. The zero-order chi connectivity index (χ0) is 17.8. The van der Waals surface area contributed by atoms with E-state index < -0.39 is 0 Å². The van der Waals surface area contributed by atoms with Crippen LogP contribution >= 0.6 is 11.8 Å². The molecule has 0 radical (unpaired) electrons. The topological polar surface area (TPSA) is 59.4 Å². The lowest BCUT2D eigenvalue weighted by Gasteiger charge is -2.14. The predicted octanol–water partition coefficient (Wildman–Crippen LogP) is 2.44. The Bertz CT molecular complexity index is 825. The van der Waals surface area contributed by atoms with Crippen molar-refractivity contribution in [1.29, 1.82) is 0 Å². The monoisotopic (exact) mass is 356 g/mol. The number of benzene rings is 1. The molecule has 0 aliphatic carbocycles. The molecule has 1 aliphatic rings. The average molecular weight is 356 g/mol. The third-order valence-electron chi connectivity index (χ3n) is 4.33. The maximum absolute atomic E-state index is 12.5. The van der Waals surface area contributed by atoms with Crippen molar-refractivity contribution in [2.24, 2.45) is 0 Å². The first kappa shape index (κ1) is 17.5. The van der Waals surface area contributed by atoms with Gasteiger partial charge in [0.1, 0.15) is 0 Å². The molecule has 0 saturated carbocycles. The fourth-order valence-corrected chi connectivity index (χ4v) is 3.42. The lowest BCUT2D eigenvalue weighted by molar-refractivity contribution is 0.0656. The third-order valence-corrected chi connectivity index (χ3v) is 5.03. The van der Waals surface area contributed by atoms with E-state index in [9.17, 15) is 14.4 Å². The number of aromatic nitrogens is 1. The highest BCUT2D eigenvalue weighted by molar-refractivity contribution is 7.98. The molecule has 1 aromatic heterocycles. The zero-order valence-corrected chi connectivity index (χ0v) is 14.9. The van der Waals surface area contributed by atoms with Crippen molar-refractivity contribution in [3.05, 3.63) is 69.6 Å². The predicted molar refractivity (Wildman–Crippen MR) is 99.2 cm³/mol. The number of aryl methyl sites for hydroxylation is 1. The van der Waals surface area contributed by atoms with Gasteiger partial charge < -0.3 is 4.57 Å². The number of nitrogens with zero attached hydrogens (tertiary/aromatic N) is 2. The number of hydrogen-bond acceptors (Lipinski definition) is 4. The highest BCUT2D eigenvalue weighted by Crippen LogP contribution is 2.22.